The van der Waals surface area contributed by atoms with Crippen LogP contribution >= 0.6 is 34.9 Å². The third-order valence-electron chi connectivity index (χ3n) is 1.79. The molecule has 2 rings (SSSR count). The van der Waals surface area contributed by atoms with Crippen LogP contribution in [-0.4, -0.2) is 15.2 Å². The molecule has 15 heavy (non-hydrogen) atoms. The molecular formula is C8H10N4S3. The summed E-state index contributed by atoms with van der Waals surface area (Å²) in [7, 11) is 0. The fraction of sp³-hybridized carbons (Fsp3) is 0.375. The Labute approximate surface area is 100 Å². The Morgan fingerprint density at radius 3 is 2.93 bits per heavy atom. The number of thiazole rings is 1. The summed E-state index contributed by atoms with van der Waals surface area (Å²) in [4.78, 5) is 4.41. The molecule has 0 aliphatic heterocycles. The molecule has 1 atom stereocenters. The lowest BCUT2D eigenvalue weighted by Gasteiger charge is -2.08. The van der Waals surface area contributed by atoms with Crippen LogP contribution in [0.25, 0.3) is 0 Å². The van der Waals surface area contributed by atoms with Crippen LogP contribution in [0.5, 0.6) is 0 Å². The van der Waals surface area contributed by atoms with Gasteiger partial charge in [0.25, 0.3) is 0 Å². The monoisotopic (exact) mass is 258 g/mol. The largest absolute Gasteiger partial charge is 0.351 e. The van der Waals surface area contributed by atoms with E-state index in [4.69, 9.17) is 12.2 Å². The Balaban J connectivity index is 2.10. The molecule has 2 heterocycles. The Morgan fingerprint density at radius 1 is 1.60 bits per heavy atom. The van der Waals surface area contributed by atoms with Crippen molar-refractivity contribution in [1.29, 1.82) is 0 Å². The summed E-state index contributed by atoms with van der Waals surface area (Å²) >= 11 is 8.04. The molecule has 0 aliphatic carbocycles. The maximum atomic E-state index is 4.95. The molecule has 0 radical (unpaired) electrons. The molecule has 0 saturated carbocycles. The first-order valence-electron chi connectivity index (χ1n) is 4.39. The first kappa shape index (κ1) is 10.7. The smallest absolute Gasteiger partial charge is 0.204 e. The zero-order valence-electron chi connectivity index (χ0n) is 8.27. The van der Waals surface area contributed by atoms with Crippen molar-refractivity contribution in [1.82, 2.24) is 15.2 Å². The average molecular weight is 258 g/mol. The van der Waals surface area contributed by atoms with E-state index in [2.05, 4.69) is 27.4 Å². The number of hydrogen-bond acceptors (Lipinski definition) is 6. The van der Waals surface area contributed by atoms with Crippen LogP contribution in [0.1, 0.15) is 23.7 Å². The molecule has 0 aliphatic rings. The number of nitrogens with one attached hydrogen (secondary N) is 2. The number of rotatable bonds is 3. The molecule has 0 saturated heterocycles. The van der Waals surface area contributed by atoms with Gasteiger partial charge in [0.1, 0.15) is 5.01 Å². The molecule has 1 unspecified atom stereocenters. The standard InChI is InChI=1S/C8H10N4S3/c1-4-3-14-6(9-4)5(2)10-7-11-12-8(13)15-7/h3,5H,1-2H3,(H,10,11)(H,12,13). The maximum absolute atomic E-state index is 4.95. The fourth-order valence-electron chi connectivity index (χ4n) is 1.11. The van der Waals surface area contributed by atoms with E-state index in [-0.39, 0.29) is 6.04 Å². The lowest BCUT2D eigenvalue weighted by molar-refractivity contribution is 0.855. The van der Waals surface area contributed by atoms with E-state index in [9.17, 15) is 0 Å². The highest BCUT2D eigenvalue weighted by Gasteiger charge is 2.10. The summed E-state index contributed by atoms with van der Waals surface area (Å²) in [5, 5.41) is 13.9. The van der Waals surface area contributed by atoms with Gasteiger partial charge >= 0.3 is 0 Å². The summed E-state index contributed by atoms with van der Waals surface area (Å²) in [6.07, 6.45) is 0. The van der Waals surface area contributed by atoms with Crippen LogP contribution in [0.3, 0.4) is 0 Å². The van der Waals surface area contributed by atoms with Crippen LogP contribution < -0.4 is 5.32 Å². The number of nitrogens with zero attached hydrogens (tertiary/aromatic N) is 2. The predicted molar refractivity (Wildman–Crippen MR) is 66.2 cm³/mol. The van der Waals surface area contributed by atoms with Crippen molar-refractivity contribution in [2.75, 3.05) is 5.32 Å². The normalized spacial score (nSPS) is 12.7. The highest BCUT2D eigenvalue weighted by atomic mass is 32.1. The summed E-state index contributed by atoms with van der Waals surface area (Å²) in [6.45, 7) is 4.05. The number of aromatic amines is 1. The van der Waals surface area contributed by atoms with Crippen LogP contribution in [0.4, 0.5) is 5.13 Å². The molecule has 2 aromatic rings. The van der Waals surface area contributed by atoms with Crippen LogP contribution in [0, 0.1) is 10.9 Å². The van der Waals surface area contributed by atoms with Gasteiger partial charge in [-0.2, -0.15) is 0 Å². The quantitative estimate of drug-likeness (QED) is 0.830. The van der Waals surface area contributed by atoms with Gasteiger partial charge in [0.15, 0.2) is 3.95 Å². The number of anilines is 1. The zero-order chi connectivity index (χ0) is 10.8. The lowest BCUT2D eigenvalue weighted by Crippen LogP contribution is -2.05. The highest BCUT2D eigenvalue weighted by molar-refractivity contribution is 7.73. The Bertz CT molecular complexity index is 498. The van der Waals surface area contributed by atoms with Crippen molar-refractivity contribution in [3.05, 3.63) is 20.0 Å². The van der Waals surface area contributed by atoms with Gasteiger partial charge in [-0.3, -0.25) is 5.10 Å². The number of aryl methyl sites for hydroxylation is 1. The van der Waals surface area contributed by atoms with E-state index >= 15 is 0 Å². The Hall–Kier alpha value is -0.790. The number of hydrogen-bond donors (Lipinski definition) is 2. The first-order chi connectivity index (χ1) is 7.15. The molecule has 4 nitrogen and oxygen atoms in total. The topological polar surface area (TPSA) is 53.6 Å². The van der Waals surface area contributed by atoms with Crippen molar-refractivity contribution in [2.24, 2.45) is 0 Å². The van der Waals surface area contributed by atoms with E-state index in [1.807, 2.05) is 12.3 Å². The number of aromatic nitrogens is 3. The second-order valence-electron chi connectivity index (χ2n) is 3.11. The molecule has 0 aromatic carbocycles. The highest BCUT2D eigenvalue weighted by Crippen LogP contribution is 2.23. The molecule has 80 valence electrons. The van der Waals surface area contributed by atoms with Gasteiger partial charge in [-0.15, -0.1) is 16.4 Å². The summed E-state index contributed by atoms with van der Waals surface area (Å²) < 4.78 is 0.681. The molecule has 0 fully saturated rings. The van der Waals surface area contributed by atoms with Crippen molar-refractivity contribution in [3.63, 3.8) is 0 Å². The summed E-state index contributed by atoms with van der Waals surface area (Å²) in [5.41, 5.74) is 1.05. The van der Waals surface area contributed by atoms with Crippen molar-refractivity contribution < 1.29 is 0 Å². The van der Waals surface area contributed by atoms with Crippen molar-refractivity contribution >= 4 is 40.0 Å². The van der Waals surface area contributed by atoms with E-state index < -0.39 is 0 Å². The van der Waals surface area contributed by atoms with Gasteiger partial charge in [0.2, 0.25) is 5.13 Å². The van der Waals surface area contributed by atoms with Crippen LogP contribution in [0.2, 0.25) is 0 Å². The van der Waals surface area contributed by atoms with Gasteiger partial charge in [-0.05, 0) is 26.1 Å². The van der Waals surface area contributed by atoms with Gasteiger partial charge in [-0.25, -0.2) is 4.98 Å². The third-order valence-corrected chi connectivity index (χ3v) is 3.95. The predicted octanol–water partition coefficient (Wildman–Crippen LogP) is 3.14. The SMILES string of the molecule is Cc1csc(C(C)Nc2n[nH]c(=S)s2)n1. The molecule has 2 N–H and O–H groups in total. The fourth-order valence-corrected chi connectivity index (χ4v) is 2.79. The van der Waals surface area contributed by atoms with E-state index in [1.165, 1.54) is 11.3 Å². The minimum absolute atomic E-state index is 0.164. The van der Waals surface area contributed by atoms with E-state index in [0.29, 0.717) is 3.95 Å². The molecule has 0 spiro atoms. The summed E-state index contributed by atoms with van der Waals surface area (Å²) in [6, 6.07) is 0.164. The molecule has 2 aromatic heterocycles. The Kier molecular flexibility index (Phi) is 3.13. The second kappa shape index (κ2) is 4.38. The van der Waals surface area contributed by atoms with Gasteiger partial charge < -0.3 is 5.32 Å². The molecule has 7 heteroatoms. The lowest BCUT2D eigenvalue weighted by atomic mass is 10.4. The van der Waals surface area contributed by atoms with E-state index in [0.717, 1.165) is 15.8 Å². The van der Waals surface area contributed by atoms with Gasteiger partial charge in [-0.1, -0.05) is 11.3 Å². The first-order valence-corrected chi connectivity index (χ1v) is 6.49. The molecular weight excluding hydrogens is 248 g/mol. The average Bonchev–Trinajstić information content (AvgIpc) is 2.75. The molecule has 0 amide bonds. The third kappa shape index (κ3) is 2.61. The minimum atomic E-state index is 0.164. The van der Waals surface area contributed by atoms with Crippen LogP contribution in [0.15, 0.2) is 5.38 Å². The van der Waals surface area contributed by atoms with Gasteiger partial charge in [0.05, 0.1) is 6.04 Å². The number of H-pyrrole nitrogens is 1. The van der Waals surface area contributed by atoms with Crippen molar-refractivity contribution in [3.8, 4) is 0 Å². The minimum Gasteiger partial charge on any atom is -0.351 e. The van der Waals surface area contributed by atoms with E-state index in [1.54, 1.807) is 11.3 Å². The van der Waals surface area contributed by atoms with Crippen LogP contribution in [-0.2, 0) is 0 Å². The van der Waals surface area contributed by atoms with Gasteiger partial charge in [0, 0.05) is 11.1 Å². The summed E-state index contributed by atoms with van der Waals surface area (Å²) in [5.74, 6) is 0. The molecule has 0 bridgehead atoms. The second-order valence-corrected chi connectivity index (χ2v) is 5.67. The van der Waals surface area contributed by atoms with Crippen molar-refractivity contribution in [2.45, 2.75) is 19.9 Å². The Morgan fingerprint density at radius 2 is 2.40 bits per heavy atom. The maximum Gasteiger partial charge on any atom is 0.204 e. The zero-order valence-corrected chi connectivity index (χ0v) is 10.7.